The summed E-state index contributed by atoms with van der Waals surface area (Å²) in [6.07, 6.45) is 2.88. The summed E-state index contributed by atoms with van der Waals surface area (Å²) in [4.78, 5) is 2.43. The van der Waals surface area contributed by atoms with E-state index in [4.69, 9.17) is 14.2 Å². The molecule has 5 nitrogen and oxygen atoms in total. The number of ether oxygens (including phenoxy) is 3. The Morgan fingerprint density at radius 2 is 1.67 bits per heavy atom. The first-order chi connectivity index (χ1) is 8.81. The Morgan fingerprint density at radius 1 is 1.00 bits per heavy atom. The lowest BCUT2D eigenvalue weighted by atomic mass is 10.3. The molecule has 5 heteroatoms. The number of hydrogen-bond donors (Lipinski definition) is 1. The Balaban J connectivity index is 2.00. The highest BCUT2D eigenvalue weighted by atomic mass is 16.5. The summed E-state index contributed by atoms with van der Waals surface area (Å²) in [5.41, 5.74) is 0. The summed E-state index contributed by atoms with van der Waals surface area (Å²) in [6, 6.07) is 0. The molecule has 0 amide bonds. The molecule has 1 heterocycles. The molecule has 0 aromatic heterocycles. The molecule has 1 N–H and O–H groups in total. The van der Waals surface area contributed by atoms with E-state index in [2.05, 4.69) is 10.2 Å². The third kappa shape index (κ3) is 5.63. The summed E-state index contributed by atoms with van der Waals surface area (Å²) < 4.78 is 15.8. The van der Waals surface area contributed by atoms with Gasteiger partial charge in [-0.3, -0.25) is 4.90 Å². The Kier molecular flexibility index (Phi) is 8.54. The van der Waals surface area contributed by atoms with E-state index >= 15 is 0 Å². The van der Waals surface area contributed by atoms with Crippen LogP contribution in [-0.4, -0.2) is 77.8 Å². The van der Waals surface area contributed by atoms with Crippen LogP contribution in [0.1, 0.15) is 12.8 Å². The highest BCUT2D eigenvalue weighted by molar-refractivity contribution is 4.85. The van der Waals surface area contributed by atoms with Crippen LogP contribution in [0.3, 0.4) is 0 Å². The molecule has 1 saturated heterocycles. The average Bonchev–Trinajstić information content (AvgIpc) is 2.80. The van der Waals surface area contributed by atoms with Crippen LogP contribution < -0.4 is 5.32 Å². The number of rotatable bonds is 10. The van der Waals surface area contributed by atoms with E-state index in [1.165, 1.54) is 12.8 Å². The maximum Gasteiger partial charge on any atom is 0.0971 e. The van der Waals surface area contributed by atoms with Crippen LogP contribution >= 0.6 is 0 Å². The predicted molar refractivity (Wildman–Crippen MR) is 72.0 cm³/mol. The van der Waals surface area contributed by atoms with Crippen molar-refractivity contribution in [3.63, 3.8) is 0 Å². The topological polar surface area (TPSA) is 43.0 Å². The second-order valence-corrected chi connectivity index (χ2v) is 4.76. The van der Waals surface area contributed by atoms with Gasteiger partial charge in [0.1, 0.15) is 0 Å². The molecule has 0 saturated carbocycles. The van der Waals surface area contributed by atoms with Crippen LogP contribution in [-0.2, 0) is 14.2 Å². The zero-order valence-corrected chi connectivity index (χ0v) is 12.0. The number of unbranched alkanes of at least 4 members (excludes halogenated alkanes) is 1. The third-order valence-electron chi connectivity index (χ3n) is 3.46. The monoisotopic (exact) mass is 260 g/mol. The molecule has 18 heavy (non-hydrogen) atoms. The fraction of sp³-hybridized carbons (Fsp3) is 1.00. The maximum atomic E-state index is 5.42. The molecular formula is C13H28N2O3. The van der Waals surface area contributed by atoms with Gasteiger partial charge < -0.3 is 19.5 Å². The number of likely N-dealkylation sites (tertiary alicyclic amines) is 1. The molecular weight excluding hydrogens is 232 g/mol. The lowest BCUT2D eigenvalue weighted by molar-refractivity contribution is -0.00461. The lowest BCUT2D eigenvalue weighted by Crippen LogP contribution is -2.27. The molecule has 0 aromatic rings. The van der Waals surface area contributed by atoms with Gasteiger partial charge in [0.25, 0.3) is 0 Å². The van der Waals surface area contributed by atoms with Crippen molar-refractivity contribution < 1.29 is 14.2 Å². The van der Waals surface area contributed by atoms with Crippen molar-refractivity contribution in [3.8, 4) is 0 Å². The van der Waals surface area contributed by atoms with Crippen LogP contribution in [0.5, 0.6) is 0 Å². The molecule has 108 valence electrons. The van der Waals surface area contributed by atoms with Gasteiger partial charge in [-0.05, 0) is 25.9 Å². The molecule has 2 unspecified atom stereocenters. The third-order valence-corrected chi connectivity index (χ3v) is 3.46. The van der Waals surface area contributed by atoms with Crippen molar-refractivity contribution in [2.24, 2.45) is 0 Å². The number of nitrogens with one attached hydrogen (secondary N) is 1. The molecule has 0 radical (unpaired) electrons. The highest BCUT2D eigenvalue weighted by Crippen LogP contribution is 2.15. The maximum absolute atomic E-state index is 5.42. The summed E-state index contributed by atoms with van der Waals surface area (Å²) in [6.45, 7) is 5.91. The van der Waals surface area contributed by atoms with Crippen molar-refractivity contribution in [1.29, 1.82) is 0 Å². The first-order valence-corrected chi connectivity index (χ1v) is 6.79. The molecule has 1 aliphatic heterocycles. The molecule has 1 rings (SSSR count). The summed E-state index contributed by atoms with van der Waals surface area (Å²) >= 11 is 0. The van der Waals surface area contributed by atoms with Gasteiger partial charge in [-0.1, -0.05) is 0 Å². The van der Waals surface area contributed by atoms with Crippen molar-refractivity contribution >= 4 is 0 Å². The molecule has 0 bridgehead atoms. The van der Waals surface area contributed by atoms with Gasteiger partial charge in [-0.15, -0.1) is 0 Å². The minimum Gasteiger partial charge on any atom is -0.383 e. The van der Waals surface area contributed by atoms with E-state index < -0.39 is 0 Å². The average molecular weight is 260 g/mol. The van der Waals surface area contributed by atoms with Crippen molar-refractivity contribution in [1.82, 2.24) is 10.2 Å². The molecule has 0 aliphatic carbocycles. The van der Waals surface area contributed by atoms with Crippen LogP contribution in [0, 0.1) is 0 Å². The van der Waals surface area contributed by atoms with Crippen molar-refractivity contribution in [2.75, 3.05) is 60.7 Å². The van der Waals surface area contributed by atoms with E-state index in [1.54, 1.807) is 21.3 Å². The van der Waals surface area contributed by atoms with Crippen LogP contribution in [0.15, 0.2) is 0 Å². The van der Waals surface area contributed by atoms with E-state index in [-0.39, 0.29) is 12.2 Å². The summed E-state index contributed by atoms with van der Waals surface area (Å²) in [5.74, 6) is 0. The minimum absolute atomic E-state index is 0.231. The van der Waals surface area contributed by atoms with Crippen molar-refractivity contribution in [2.45, 2.75) is 25.0 Å². The fourth-order valence-corrected chi connectivity index (χ4v) is 2.34. The number of hydrogen-bond acceptors (Lipinski definition) is 5. The van der Waals surface area contributed by atoms with Gasteiger partial charge >= 0.3 is 0 Å². The smallest absolute Gasteiger partial charge is 0.0971 e. The van der Waals surface area contributed by atoms with Crippen LogP contribution in [0.4, 0.5) is 0 Å². The van der Waals surface area contributed by atoms with Gasteiger partial charge in [0.15, 0.2) is 0 Å². The number of methoxy groups -OCH3 is 3. The Bertz CT molecular complexity index is 193. The molecule has 1 fully saturated rings. The molecule has 2 atom stereocenters. The van der Waals surface area contributed by atoms with Gasteiger partial charge in [0, 0.05) is 41.0 Å². The van der Waals surface area contributed by atoms with Crippen LogP contribution in [0.2, 0.25) is 0 Å². The zero-order valence-electron chi connectivity index (χ0n) is 12.0. The molecule has 0 aromatic carbocycles. The Morgan fingerprint density at radius 3 is 2.22 bits per heavy atom. The minimum atomic E-state index is 0.231. The quantitative estimate of drug-likeness (QED) is 0.574. The van der Waals surface area contributed by atoms with E-state index in [0.29, 0.717) is 0 Å². The lowest BCUT2D eigenvalue weighted by Gasteiger charge is -2.14. The number of nitrogens with zero attached hydrogens (tertiary/aromatic N) is 1. The molecule has 1 aliphatic rings. The highest BCUT2D eigenvalue weighted by Gasteiger charge is 2.32. The zero-order chi connectivity index (χ0) is 13.2. The SMILES string of the molecule is COCCNCCCCN1CC(OC)C(OC)C1. The standard InChI is InChI=1S/C13H28N2O3/c1-16-9-7-14-6-4-5-8-15-10-12(17-2)13(11-15)18-3/h12-14H,4-11H2,1-3H3. The molecule has 0 spiro atoms. The first-order valence-electron chi connectivity index (χ1n) is 6.79. The van der Waals surface area contributed by atoms with Gasteiger partial charge in [-0.25, -0.2) is 0 Å². The van der Waals surface area contributed by atoms with E-state index in [0.717, 1.165) is 39.3 Å². The van der Waals surface area contributed by atoms with Gasteiger partial charge in [0.05, 0.1) is 18.8 Å². The first kappa shape index (κ1) is 15.9. The van der Waals surface area contributed by atoms with E-state index in [9.17, 15) is 0 Å². The predicted octanol–water partition coefficient (Wildman–Crippen LogP) is 0.348. The summed E-state index contributed by atoms with van der Waals surface area (Å²) in [5, 5.41) is 3.36. The van der Waals surface area contributed by atoms with Gasteiger partial charge in [-0.2, -0.15) is 0 Å². The normalized spacial score (nSPS) is 24.8. The van der Waals surface area contributed by atoms with E-state index in [1.807, 2.05) is 0 Å². The largest absolute Gasteiger partial charge is 0.383 e. The second kappa shape index (κ2) is 9.69. The Labute approximate surface area is 111 Å². The fourth-order valence-electron chi connectivity index (χ4n) is 2.34. The summed E-state index contributed by atoms with van der Waals surface area (Å²) in [7, 11) is 5.26. The van der Waals surface area contributed by atoms with Crippen LogP contribution in [0.25, 0.3) is 0 Å². The Hall–Kier alpha value is -0.200. The second-order valence-electron chi connectivity index (χ2n) is 4.76. The van der Waals surface area contributed by atoms with Crippen molar-refractivity contribution in [3.05, 3.63) is 0 Å². The van der Waals surface area contributed by atoms with Gasteiger partial charge in [0.2, 0.25) is 0 Å².